The third-order valence-electron chi connectivity index (χ3n) is 3.46. The van der Waals surface area contributed by atoms with Gasteiger partial charge in [-0.15, -0.1) is 0 Å². The van der Waals surface area contributed by atoms with Crippen molar-refractivity contribution in [3.05, 3.63) is 70.5 Å². The summed E-state index contributed by atoms with van der Waals surface area (Å²) >= 11 is 3.49. The molecule has 0 bridgehead atoms. The minimum absolute atomic E-state index is 0.153. The fraction of sp³-hybridized carbons (Fsp3) is 0. The largest absolute Gasteiger partial charge is 0.383 e. The molecular weight excluding hydrogens is 357 g/mol. The molecule has 0 aliphatic rings. The summed E-state index contributed by atoms with van der Waals surface area (Å²) in [4.78, 5) is 4.28. The maximum Gasteiger partial charge on any atom is 0.142 e. The number of hydrogen-bond acceptors (Lipinski definition) is 3. The monoisotopic (exact) mass is 367 g/mol. The minimum atomic E-state index is -0.318. The van der Waals surface area contributed by atoms with Crippen molar-refractivity contribution < 1.29 is 4.39 Å². The van der Waals surface area contributed by atoms with Crippen LogP contribution in [0.1, 0.15) is 5.56 Å². The van der Waals surface area contributed by atoms with E-state index in [0.717, 1.165) is 15.6 Å². The van der Waals surface area contributed by atoms with Crippen LogP contribution in [0.2, 0.25) is 0 Å². The molecule has 0 fully saturated rings. The molecule has 3 aromatic rings. The standard InChI is InChI=1S/C18H11BrFN3/c19-16-4-2-1-3-13(16)14-9-17(23-18(22)15(14)10-21)11-5-7-12(20)8-6-11/h1-9H,(H2,22,23). The van der Waals surface area contributed by atoms with E-state index in [1.54, 1.807) is 18.2 Å². The van der Waals surface area contributed by atoms with Gasteiger partial charge in [-0.2, -0.15) is 5.26 Å². The third-order valence-corrected chi connectivity index (χ3v) is 4.15. The summed E-state index contributed by atoms with van der Waals surface area (Å²) < 4.78 is 14.0. The van der Waals surface area contributed by atoms with Gasteiger partial charge in [0.25, 0.3) is 0 Å². The fourth-order valence-corrected chi connectivity index (χ4v) is 2.84. The van der Waals surface area contributed by atoms with Crippen LogP contribution in [0.5, 0.6) is 0 Å². The van der Waals surface area contributed by atoms with Crippen molar-refractivity contribution in [2.75, 3.05) is 5.73 Å². The van der Waals surface area contributed by atoms with Crippen molar-refractivity contribution in [1.29, 1.82) is 5.26 Å². The van der Waals surface area contributed by atoms with Gasteiger partial charge in [0.1, 0.15) is 23.3 Å². The first-order valence-corrected chi connectivity index (χ1v) is 7.61. The SMILES string of the molecule is N#Cc1c(-c2ccccc2Br)cc(-c2ccc(F)cc2)nc1N. The fourth-order valence-electron chi connectivity index (χ4n) is 2.34. The second-order valence-electron chi connectivity index (χ2n) is 4.91. The average Bonchev–Trinajstić information content (AvgIpc) is 2.55. The van der Waals surface area contributed by atoms with Crippen LogP contribution in [0.4, 0.5) is 10.2 Å². The number of pyridine rings is 1. The van der Waals surface area contributed by atoms with Gasteiger partial charge in [0, 0.05) is 15.6 Å². The normalized spacial score (nSPS) is 10.3. The predicted molar refractivity (Wildman–Crippen MR) is 91.9 cm³/mol. The number of anilines is 1. The Balaban J connectivity index is 2.25. The van der Waals surface area contributed by atoms with Crippen molar-refractivity contribution in [2.24, 2.45) is 0 Å². The van der Waals surface area contributed by atoms with E-state index in [0.29, 0.717) is 16.8 Å². The molecule has 112 valence electrons. The van der Waals surface area contributed by atoms with Gasteiger partial charge in [-0.1, -0.05) is 34.1 Å². The number of nitrogen functional groups attached to an aromatic ring is 1. The van der Waals surface area contributed by atoms with Crippen LogP contribution >= 0.6 is 15.9 Å². The van der Waals surface area contributed by atoms with Crippen molar-refractivity contribution >= 4 is 21.7 Å². The van der Waals surface area contributed by atoms with E-state index in [1.165, 1.54) is 12.1 Å². The predicted octanol–water partition coefficient (Wildman–Crippen LogP) is 4.77. The van der Waals surface area contributed by atoms with Crippen LogP contribution in [0.25, 0.3) is 22.4 Å². The molecule has 0 radical (unpaired) electrons. The minimum Gasteiger partial charge on any atom is -0.383 e. The first-order valence-electron chi connectivity index (χ1n) is 6.81. The Kier molecular flexibility index (Phi) is 4.09. The summed E-state index contributed by atoms with van der Waals surface area (Å²) in [7, 11) is 0. The number of halogens is 2. The van der Waals surface area contributed by atoms with Crippen molar-refractivity contribution in [1.82, 2.24) is 4.98 Å². The van der Waals surface area contributed by atoms with E-state index in [2.05, 4.69) is 27.0 Å². The van der Waals surface area contributed by atoms with Crippen molar-refractivity contribution in [2.45, 2.75) is 0 Å². The first kappa shape index (κ1) is 15.2. The summed E-state index contributed by atoms with van der Waals surface area (Å²) in [5.41, 5.74) is 9.14. The van der Waals surface area contributed by atoms with Crippen LogP contribution < -0.4 is 5.73 Å². The van der Waals surface area contributed by atoms with Gasteiger partial charge >= 0.3 is 0 Å². The molecule has 3 nitrogen and oxygen atoms in total. The van der Waals surface area contributed by atoms with Crippen molar-refractivity contribution in [3.8, 4) is 28.5 Å². The molecule has 0 atom stereocenters. The molecule has 2 aromatic carbocycles. The highest BCUT2D eigenvalue weighted by atomic mass is 79.9. The summed E-state index contributed by atoms with van der Waals surface area (Å²) in [6.45, 7) is 0. The second-order valence-corrected chi connectivity index (χ2v) is 5.77. The third kappa shape index (κ3) is 2.94. The van der Waals surface area contributed by atoms with Gasteiger partial charge in [0.05, 0.1) is 5.69 Å². The zero-order valence-electron chi connectivity index (χ0n) is 11.9. The Hall–Kier alpha value is -2.71. The molecule has 23 heavy (non-hydrogen) atoms. The smallest absolute Gasteiger partial charge is 0.142 e. The van der Waals surface area contributed by atoms with Gasteiger partial charge in [0.15, 0.2) is 0 Å². The molecule has 3 rings (SSSR count). The molecule has 0 aliphatic carbocycles. The molecule has 2 N–H and O–H groups in total. The van der Waals surface area contributed by atoms with E-state index < -0.39 is 0 Å². The maximum absolute atomic E-state index is 13.1. The molecule has 0 aliphatic heterocycles. The molecule has 0 unspecified atom stereocenters. The number of aromatic nitrogens is 1. The quantitative estimate of drug-likeness (QED) is 0.709. The first-order chi connectivity index (χ1) is 11.1. The van der Waals surface area contributed by atoms with Gasteiger partial charge in [0.2, 0.25) is 0 Å². The zero-order chi connectivity index (χ0) is 16.4. The maximum atomic E-state index is 13.1. The molecule has 0 spiro atoms. The highest BCUT2D eigenvalue weighted by Gasteiger charge is 2.15. The van der Waals surface area contributed by atoms with Crippen LogP contribution in [0.3, 0.4) is 0 Å². The van der Waals surface area contributed by atoms with Gasteiger partial charge < -0.3 is 5.73 Å². The number of benzene rings is 2. The van der Waals surface area contributed by atoms with Gasteiger partial charge in [-0.3, -0.25) is 0 Å². The summed E-state index contributed by atoms with van der Waals surface area (Å²) in [5, 5.41) is 9.41. The number of nitrogens with two attached hydrogens (primary N) is 1. The lowest BCUT2D eigenvalue weighted by Crippen LogP contribution is -2.00. The zero-order valence-corrected chi connectivity index (χ0v) is 13.5. The van der Waals surface area contributed by atoms with Crippen LogP contribution in [0, 0.1) is 17.1 Å². The van der Waals surface area contributed by atoms with E-state index in [4.69, 9.17) is 5.73 Å². The molecule has 0 saturated heterocycles. The Morgan fingerprint density at radius 3 is 2.39 bits per heavy atom. The highest BCUT2D eigenvalue weighted by Crippen LogP contribution is 2.35. The van der Waals surface area contributed by atoms with Crippen LogP contribution in [0.15, 0.2) is 59.1 Å². The number of hydrogen-bond donors (Lipinski definition) is 1. The lowest BCUT2D eigenvalue weighted by atomic mass is 9.98. The molecule has 1 heterocycles. The number of rotatable bonds is 2. The highest BCUT2D eigenvalue weighted by molar-refractivity contribution is 9.10. The molecule has 1 aromatic heterocycles. The lowest BCUT2D eigenvalue weighted by molar-refractivity contribution is 0.628. The Morgan fingerprint density at radius 1 is 1.04 bits per heavy atom. The van der Waals surface area contributed by atoms with E-state index >= 15 is 0 Å². The number of nitriles is 1. The van der Waals surface area contributed by atoms with Gasteiger partial charge in [-0.25, -0.2) is 9.37 Å². The lowest BCUT2D eigenvalue weighted by Gasteiger charge is -2.11. The van der Waals surface area contributed by atoms with E-state index in [1.807, 2.05) is 24.3 Å². The summed E-state index contributed by atoms with van der Waals surface area (Å²) in [6.07, 6.45) is 0. The van der Waals surface area contributed by atoms with E-state index in [-0.39, 0.29) is 11.6 Å². The Morgan fingerprint density at radius 2 is 1.74 bits per heavy atom. The average molecular weight is 368 g/mol. The molecule has 0 saturated carbocycles. The summed E-state index contributed by atoms with van der Waals surface area (Å²) in [6, 6.07) is 17.5. The Labute approximate surface area is 141 Å². The second kappa shape index (κ2) is 6.19. The van der Waals surface area contributed by atoms with Crippen LogP contribution in [-0.2, 0) is 0 Å². The van der Waals surface area contributed by atoms with Crippen molar-refractivity contribution in [3.63, 3.8) is 0 Å². The summed E-state index contributed by atoms with van der Waals surface area (Å²) in [5.74, 6) is -0.165. The van der Waals surface area contributed by atoms with Gasteiger partial charge in [-0.05, 0) is 42.0 Å². The molecular formula is C18H11BrFN3. The van der Waals surface area contributed by atoms with Crippen LogP contribution in [-0.4, -0.2) is 4.98 Å². The Bertz CT molecular complexity index is 915. The van der Waals surface area contributed by atoms with E-state index in [9.17, 15) is 9.65 Å². The molecule has 0 amide bonds. The number of nitrogens with zero attached hydrogens (tertiary/aromatic N) is 2. The molecule has 5 heteroatoms. The topological polar surface area (TPSA) is 62.7 Å².